The SMILES string of the molecule is Cc1ccccc1Cn1cnc(NS(=O)(=O)c2cc(Cl)ccc2Cl)n1. The lowest BCUT2D eigenvalue weighted by atomic mass is 10.1. The molecule has 0 bridgehead atoms. The fourth-order valence-corrected chi connectivity index (χ4v) is 3.95. The zero-order valence-corrected chi connectivity index (χ0v) is 15.5. The summed E-state index contributed by atoms with van der Waals surface area (Å²) in [6.07, 6.45) is 1.46. The molecule has 2 aromatic carbocycles. The first-order chi connectivity index (χ1) is 11.8. The van der Waals surface area contributed by atoms with E-state index in [9.17, 15) is 8.42 Å². The van der Waals surface area contributed by atoms with Crippen molar-refractivity contribution >= 4 is 39.2 Å². The Morgan fingerprint density at radius 3 is 2.68 bits per heavy atom. The highest BCUT2D eigenvalue weighted by Gasteiger charge is 2.20. The van der Waals surface area contributed by atoms with Crippen molar-refractivity contribution in [3.05, 3.63) is 70.0 Å². The Hall–Kier alpha value is -2.09. The molecule has 1 N–H and O–H groups in total. The minimum absolute atomic E-state index is 0.0374. The Balaban J connectivity index is 1.81. The maximum Gasteiger partial charge on any atom is 0.265 e. The number of halogens is 2. The van der Waals surface area contributed by atoms with Gasteiger partial charge in [-0.05, 0) is 36.2 Å². The van der Waals surface area contributed by atoms with Gasteiger partial charge in [-0.2, -0.15) is 4.98 Å². The Morgan fingerprint density at radius 1 is 1.16 bits per heavy atom. The minimum atomic E-state index is -3.94. The van der Waals surface area contributed by atoms with E-state index in [1.165, 1.54) is 24.5 Å². The van der Waals surface area contributed by atoms with Crippen molar-refractivity contribution in [2.24, 2.45) is 0 Å². The Bertz CT molecular complexity index is 1020. The first kappa shape index (κ1) is 17.7. The number of benzene rings is 2. The lowest BCUT2D eigenvalue weighted by molar-refractivity contribution is 0.600. The third-order valence-corrected chi connectivity index (χ3v) is 5.58. The molecule has 0 aliphatic rings. The Morgan fingerprint density at radius 2 is 1.92 bits per heavy atom. The van der Waals surface area contributed by atoms with Gasteiger partial charge in [0.2, 0.25) is 0 Å². The number of nitrogens with one attached hydrogen (secondary N) is 1. The number of hydrogen-bond donors (Lipinski definition) is 1. The highest BCUT2D eigenvalue weighted by atomic mass is 35.5. The predicted octanol–water partition coefficient (Wildman–Crippen LogP) is 3.74. The zero-order valence-electron chi connectivity index (χ0n) is 13.1. The molecule has 0 saturated carbocycles. The van der Waals surface area contributed by atoms with Gasteiger partial charge in [-0.15, -0.1) is 5.10 Å². The van der Waals surface area contributed by atoms with Gasteiger partial charge in [-0.3, -0.25) is 0 Å². The summed E-state index contributed by atoms with van der Waals surface area (Å²) in [5.41, 5.74) is 2.19. The summed E-state index contributed by atoms with van der Waals surface area (Å²) < 4.78 is 28.8. The summed E-state index contributed by atoms with van der Waals surface area (Å²) in [6.45, 7) is 2.48. The molecule has 1 aromatic heterocycles. The summed E-state index contributed by atoms with van der Waals surface area (Å²) in [7, 11) is -3.94. The maximum atomic E-state index is 12.5. The molecule has 3 aromatic rings. The monoisotopic (exact) mass is 396 g/mol. The van der Waals surface area contributed by atoms with E-state index in [0.29, 0.717) is 6.54 Å². The molecule has 6 nitrogen and oxygen atoms in total. The first-order valence-corrected chi connectivity index (χ1v) is 9.51. The molecule has 0 unspecified atom stereocenters. The number of rotatable bonds is 5. The summed E-state index contributed by atoms with van der Waals surface area (Å²) in [6, 6.07) is 12.1. The lowest BCUT2D eigenvalue weighted by Gasteiger charge is -2.07. The van der Waals surface area contributed by atoms with Crippen LogP contribution in [0.2, 0.25) is 10.0 Å². The molecule has 25 heavy (non-hydrogen) atoms. The van der Waals surface area contributed by atoms with Crippen molar-refractivity contribution in [1.82, 2.24) is 14.8 Å². The highest BCUT2D eigenvalue weighted by molar-refractivity contribution is 7.92. The Kier molecular flexibility index (Phi) is 4.99. The third-order valence-electron chi connectivity index (χ3n) is 3.54. The average molecular weight is 397 g/mol. The van der Waals surface area contributed by atoms with E-state index in [2.05, 4.69) is 14.8 Å². The lowest BCUT2D eigenvalue weighted by Crippen LogP contribution is -2.15. The van der Waals surface area contributed by atoms with E-state index in [4.69, 9.17) is 23.2 Å². The topological polar surface area (TPSA) is 76.9 Å². The number of nitrogens with zero attached hydrogens (tertiary/aromatic N) is 3. The molecule has 0 saturated heterocycles. The predicted molar refractivity (Wildman–Crippen MR) is 97.6 cm³/mol. The van der Waals surface area contributed by atoms with Crippen molar-refractivity contribution in [3.8, 4) is 0 Å². The van der Waals surface area contributed by atoms with Crippen molar-refractivity contribution in [3.63, 3.8) is 0 Å². The van der Waals surface area contributed by atoms with E-state index in [0.717, 1.165) is 11.1 Å². The number of anilines is 1. The van der Waals surface area contributed by atoms with Crippen LogP contribution in [0.1, 0.15) is 11.1 Å². The van der Waals surface area contributed by atoms with Crippen LogP contribution in [0.25, 0.3) is 0 Å². The van der Waals surface area contributed by atoms with Gasteiger partial charge in [0, 0.05) is 5.02 Å². The van der Waals surface area contributed by atoms with Crippen LogP contribution in [-0.2, 0) is 16.6 Å². The van der Waals surface area contributed by atoms with Crippen molar-refractivity contribution < 1.29 is 8.42 Å². The number of aryl methyl sites for hydroxylation is 1. The van der Waals surface area contributed by atoms with Crippen LogP contribution in [0.15, 0.2) is 53.7 Å². The molecule has 0 fully saturated rings. The average Bonchev–Trinajstić information content (AvgIpc) is 2.98. The maximum absolute atomic E-state index is 12.5. The third kappa shape index (κ3) is 4.12. The molecule has 130 valence electrons. The van der Waals surface area contributed by atoms with Gasteiger partial charge in [0.05, 0.1) is 11.6 Å². The molecule has 0 aliphatic carbocycles. The van der Waals surface area contributed by atoms with Crippen LogP contribution < -0.4 is 4.72 Å². The standard InChI is InChI=1S/C16H14Cl2N4O2S/c1-11-4-2-3-5-12(11)9-22-10-19-16(20-22)21-25(23,24)15-8-13(17)6-7-14(15)18/h2-8,10H,9H2,1H3,(H,20,21). The van der Waals surface area contributed by atoms with Crippen LogP contribution in [-0.4, -0.2) is 23.2 Å². The fraction of sp³-hybridized carbons (Fsp3) is 0.125. The molecule has 0 spiro atoms. The van der Waals surface area contributed by atoms with Crippen molar-refractivity contribution in [2.45, 2.75) is 18.4 Å². The molecule has 9 heteroatoms. The molecule has 0 aliphatic heterocycles. The van der Waals surface area contributed by atoms with Crippen LogP contribution in [0, 0.1) is 6.92 Å². The second-order valence-electron chi connectivity index (χ2n) is 5.37. The molecule has 0 radical (unpaired) electrons. The van der Waals surface area contributed by atoms with E-state index in [1.807, 2.05) is 31.2 Å². The fourth-order valence-electron chi connectivity index (χ4n) is 2.24. The van der Waals surface area contributed by atoms with Crippen molar-refractivity contribution in [1.29, 1.82) is 0 Å². The van der Waals surface area contributed by atoms with Gasteiger partial charge in [0.25, 0.3) is 16.0 Å². The van der Waals surface area contributed by atoms with Gasteiger partial charge in [0.1, 0.15) is 11.2 Å². The highest BCUT2D eigenvalue weighted by Crippen LogP contribution is 2.26. The van der Waals surface area contributed by atoms with Gasteiger partial charge in [0.15, 0.2) is 0 Å². The summed E-state index contributed by atoms with van der Waals surface area (Å²) in [5.74, 6) is -0.0374. The largest absolute Gasteiger partial charge is 0.265 e. The van der Waals surface area contributed by atoms with E-state index < -0.39 is 10.0 Å². The summed E-state index contributed by atoms with van der Waals surface area (Å²) >= 11 is 11.8. The van der Waals surface area contributed by atoms with Crippen LogP contribution >= 0.6 is 23.2 Å². The molecule has 0 amide bonds. The van der Waals surface area contributed by atoms with E-state index >= 15 is 0 Å². The van der Waals surface area contributed by atoms with Crippen LogP contribution in [0.5, 0.6) is 0 Å². The summed E-state index contributed by atoms with van der Waals surface area (Å²) in [4.78, 5) is 3.86. The molecule has 1 heterocycles. The number of sulfonamides is 1. The smallest absolute Gasteiger partial charge is 0.246 e. The van der Waals surface area contributed by atoms with E-state index in [-0.39, 0.29) is 20.9 Å². The normalized spacial score (nSPS) is 11.5. The first-order valence-electron chi connectivity index (χ1n) is 7.27. The molecule has 0 atom stereocenters. The minimum Gasteiger partial charge on any atom is -0.246 e. The molecule has 3 rings (SSSR count). The second-order valence-corrected chi connectivity index (χ2v) is 7.87. The second kappa shape index (κ2) is 7.03. The van der Waals surface area contributed by atoms with Gasteiger partial charge in [-0.25, -0.2) is 17.8 Å². The van der Waals surface area contributed by atoms with Gasteiger partial charge in [-0.1, -0.05) is 47.5 Å². The quantitative estimate of drug-likeness (QED) is 0.712. The van der Waals surface area contributed by atoms with Crippen LogP contribution in [0.4, 0.5) is 5.95 Å². The Labute approximate surface area is 155 Å². The van der Waals surface area contributed by atoms with Crippen molar-refractivity contribution in [2.75, 3.05) is 4.72 Å². The molecular formula is C16H14Cl2N4O2S. The van der Waals surface area contributed by atoms with Crippen LogP contribution in [0.3, 0.4) is 0 Å². The molecular weight excluding hydrogens is 383 g/mol. The van der Waals surface area contributed by atoms with E-state index in [1.54, 1.807) is 4.68 Å². The zero-order chi connectivity index (χ0) is 18.0. The summed E-state index contributed by atoms with van der Waals surface area (Å²) in [5, 5.41) is 4.48. The van der Waals surface area contributed by atoms with Gasteiger partial charge >= 0.3 is 0 Å². The van der Waals surface area contributed by atoms with Gasteiger partial charge < -0.3 is 0 Å². The number of hydrogen-bond acceptors (Lipinski definition) is 4. The number of aromatic nitrogens is 3.